The molecule has 1 aliphatic rings. The zero-order chi connectivity index (χ0) is 19.0. The van der Waals surface area contributed by atoms with E-state index in [4.69, 9.17) is 0 Å². The molecule has 0 unspecified atom stereocenters. The molecule has 0 radical (unpaired) electrons. The van der Waals surface area contributed by atoms with Crippen molar-refractivity contribution in [3.63, 3.8) is 0 Å². The standard InChI is InChI=1S/C18H19N5O3S/c1-2-13-3-5-14(6-4-13)17(24)21-9-7-20(8-10-21)15-16(23(25)26)22-11-12-27-18(22)19-15/h3-6,11-12H,2,7-10H2,1H3. The van der Waals surface area contributed by atoms with Crippen LogP contribution in [0.25, 0.3) is 4.96 Å². The number of hydrogen-bond acceptors (Lipinski definition) is 6. The number of carbonyl (C=O) groups is 1. The van der Waals surface area contributed by atoms with E-state index in [9.17, 15) is 14.9 Å². The minimum Gasteiger partial charge on any atom is -0.358 e. The fourth-order valence-corrected chi connectivity index (χ4v) is 4.04. The quantitative estimate of drug-likeness (QED) is 0.509. The fraction of sp³-hybridized carbons (Fsp3) is 0.333. The van der Waals surface area contributed by atoms with Crippen LogP contribution in [-0.4, -0.2) is 51.3 Å². The van der Waals surface area contributed by atoms with Gasteiger partial charge in [0.05, 0.1) is 0 Å². The number of piperazine rings is 1. The summed E-state index contributed by atoms with van der Waals surface area (Å²) in [6.07, 6.45) is 2.60. The second-order valence-corrected chi connectivity index (χ2v) is 7.27. The summed E-state index contributed by atoms with van der Waals surface area (Å²) in [6, 6.07) is 7.68. The summed E-state index contributed by atoms with van der Waals surface area (Å²) in [6.45, 7) is 4.14. The van der Waals surface area contributed by atoms with Gasteiger partial charge in [0.25, 0.3) is 10.9 Å². The highest BCUT2D eigenvalue weighted by Gasteiger charge is 2.31. The van der Waals surface area contributed by atoms with Crippen LogP contribution in [-0.2, 0) is 6.42 Å². The lowest BCUT2D eigenvalue weighted by Crippen LogP contribution is -2.49. The third-order valence-electron chi connectivity index (χ3n) is 4.87. The van der Waals surface area contributed by atoms with E-state index in [1.54, 1.807) is 16.5 Å². The number of imidazole rings is 1. The Labute approximate surface area is 159 Å². The third-order valence-corrected chi connectivity index (χ3v) is 5.62. The first-order chi connectivity index (χ1) is 13.1. The summed E-state index contributed by atoms with van der Waals surface area (Å²) < 4.78 is 1.51. The summed E-state index contributed by atoms with van der Waals surface area (Å²) in [5.74, 6) is 0.366. The Morgan fingerprint density at radius 2 is 1.93 bits per heavy atom. The average Bonchev–Trinajstić information content (AvgIpc) is 3.28. The third kappa shape index (κ3) is 3.14. The molecule has 0 aliphatic carbocycles. The van der Waals surface area contributed by atoms with Gasteiger partial charge < -0.3 is 19.9 Å². The summed E-state index contributed by atoms with van der Waals surface area (Å²) in [7, 11) is 0. The molecule has 0 spiro atoms. The number of thiazole rings is 1. The summed E-state index contributed by atoms with van der Waals surface area (Å²) in [4.78, 5) is 32.5. The Balaban J connectivity index is 1.49. The Kier molecular flexibility index (Phi) is 4.53. The number of nitro groups is 1. The average molecular weight is 385 g/mol. The zero-order valence-corrected chi connectivity index (χ0v) is 15.7. The maximum atomic E-state index is 12.7. The van der Waals surface area contributed by atoms with Gasteiger partial charge in [0.1, 0.15) is 6.20 Å². The van der Waals surface area contributed by atoms with Crippen molar-refractivity contribution < 1.29 is 9.72 Å². The van der Waals surface area contributed by atoms with E-state index in [2.05, 4.69) is 11.9 Å². The molecule has 2 aromatic heterocycles. The lowest BCUT2D eigenvalue weighted by atomic mass is 10.1. The zero-order valence-electron chi connectivity index (χ0n) is 14.9. The number of anilines is 1. The highest BCUT2D eigenvalue weighted by Crippen LogP contribution is 2.31. The Hall–Kier alpha value is -2.94. The molecule has 27 heavy (non-hydrogen) atoms. The summed E-state index contributed by atoms with van der Waals surface area (Å²) >= 11 is 1.37. The lowest BCUT2D eigenvalue weighted by molar-refractivity contribution is -0.389. The predicted molar refractivity (Wildman–Crippen MR) is 104 cm³/mol. The van der Waals surface area contributed by atoms with Crippen LogP contribution in [0, 0.1) is 10.1 Å². The molecular weight excluding hydrogens is 366 g/mol. The van der Waals surface area contributed by atoms with Crippen LogP contribution >= 0.6 is 11.3 Å². The van der Waals surface area contributed by atoms with Crippen LogP contribution in [0.2, 0.25) is 0 Å². The van der Waals surface area contributed by atoms with Gasteiger partial charge in [0.2, 0.25) is 5.82 Å². The van der Waals surface area contributed by atoms with Crippen LogP contribution in [0.3, 0.4) is 0 Å². The highest BCUT2D eigenvalue weighted by atomic mass is 32.1. The summed E-state index contributed by atoms with van der Waals surface area (Å²) in [5.41, 5.74) is 1.87. The van der Waals surface area contributed by atoms with Crippen LogP contribution in [0.4, 0.5) is 11.6 Å². The number of amides is 1. The van der Waals surface area contributed by atoms with E-state index in [1.165, 1.54) is 21.3 Å². The lowest BCUT2D eigenvalue weighted by Gasteiger charge is -2.34. The molecule has 1 amide bonds. The van der Waals surface area contributed by atoms with Crippen molar-refractivity contribution in [1.29, 1.82) is 0 Å². The molecule has 1 aliphatic heterocycles. The molecule has 4 rings (SSSR count). The number of fused-ring (bicyclic) bond motifs is 1. The molecule has 3 heterocycles. The maximum Gasteiger partial charge on any atom is 0.373 e. The highest BCUT2D eigenvalue weighted by molar-refractivity contribution is 7.15. The summed E-state index contributed by atoms with van der Waals surface area (Å²) in [5, 5.41) is 13.3. The molecule has 140 valence electrons. The van der Waals surface area contributed by atoms with Crippen molar-refractivity contribution >= 4 is 33.8 Å². The molecule has 3 aromatic rings. The topological polar surface area (TPSA) is 84.0 Å². The van der Waals surface area contributed by atoms with Crippen molar-refractivity contribution in [2.45, 2.75) is 13.3 Å². The van der Waals surface area contributed by atoms with Crippen molar-refractivity contribution in [1.82, 2.24) is 14.3 Å². The molecule has 1 aromatic carbocycles. The van der Waals surface area contributed by atoms with Crippen LogP contribution < -0.4 is 4.90 Å². The van der Waals surface area contributed by atoms with E-state index in [1.807, 2.05) is 29.2 Å². The van der Waals surface area contributed by atoms with Gasteiger partial charge in [-0.05, 0) is 29.0 Å². The van der Waals surface area contributed by atoms with Crippen LogP contribution in [0.1, 0.15) is 22.8 Å². The van der Waals surface area contributed by atoms with Gasteiger partial charge in [-0.3, -0.25) is 4.79 Å². The second kappa shape index (κ2) is 6.99. The fourth-order valence-electron chi connectivity index (χ4n) is 3.33. The van der Waals surface area contributed by atoms with Gasteiger partial charge >= 0.3 is 5.82 Å². The Bertz CT molecular complexity index is 986. The van der Waals surface area contributed by atoms with Gasteiger partial charge in [-0.2, -0.15) is 9.38 Å². The first kappa shape index (κ1) is 17.5. The van der Waals surface area contributed by atoms with Crippen molar-refractivity contribution in [3.05, 3.63) is 57.1 Å². The van der Waals surface area contributed by atoms with Crippen molar-refractivity contribution in [2.75, 3.05) is 31.1 Å². The monoisotopic (exact) mass is 385 g/mol. The van der Waals surface area contributed by atoms with Crippen molar-refractivity contribution in [2.24, 2.45) is 0 Å². The van der Waals surface area contributed by atoms with Gasteiger partial charge in [-0.1, -0.05) is 30.4 Å². The largest absolute Gasteiger partial charge is 0.373 e. The number of nitrogens with zero attached hydrogens (tertiary/aromatic N) is 5. The Morgan fingerprint density at radius 1 is 1.22 bits per heavy atom. The number of hydrogen-bond donors (Lipinski definition) is 0. The van der Waals surface area contributed by atoms with Gasteiger partial charge in [0, 0.05) is 37.1 Å². The molecule has 1 fully saturated rings. The molecule has 0 atom stereocenters. The molecule has 0 N–H and O–H groups in total. The molecule has 0 saturated carbocycles. The molecule has 0 bridgehead atoms. The van der Waals surface area contributed by atoms with E-state index >= 15 is 0 Å². The first-order valence-corrected chi connectivity index (χ1v) is 9.69. The van der Waals surface area contributed by atoms with E-state index < -0.39 is 4.92 Å². The second-order valence-electron chi connectivity index (χ2n) is 6.40. The first-order valence-electron chi connectivity index (χ1n) is 8.81. The number of rotatable bonds is 4. The normalized spacial score (nSPS) is 14.7. The number of aryl methyl sites for hydroxylation is 1. The minimum atomic E-state index is -0.394. The number of benzene rings is 1. The van der Waals surface area contributed by atoms with E-state index in [-0.39, 0.29) is 11.7 Å². The molecule has 8 nitrogen and oxygen atoms in total. The maximum absolute atomic E-state index is 12.7. The Morgan fingerprint density at radius 3 is 2.56 bits per heavy atom. The van der Waals surface area contributed by atoms with Crippen molar-refractivity contribution in [3.8, 4) is 0 Å². The number of aromatic nitrogens is 2. The van der Waals surface area contributed by atoms with Gasteiger partial charge in [-0.15, -0.1) is 0 Å². The SMILES string of the molecule is CCc1ccc(C(=O)N2CCN(c3nc4sccn4c3[N+](=O)[O-])CC2)cc1. The number of carbonyl (C=O) groups excluding carboxylic acids is 1. The molecular formula is C18H19N5O3S. The molecule has 1 saturated heterocycles. The minimum absolute atomic E-state index is 0.00220. The smallest absolute Gasteiger partial charge is 0.358 e. The van der Waals surface area contributed by atoms with Crippen LogP contribution in [0.5, 0.6) is 0 Å². The van der Waals surface area contributed by atoms with E-state index in [0.29, 0.717) is 42.5 Å². The van der Waals surface area contributed by atoms with Crippen LogP contribution in [0.15, 0.2) is 35.8 Å². The molecule has 9 heteroatoms. The van der Waals surface area contributed by atoms with Gasteiger partial charge in [-0.25, -0.2) is 0 Å². The predicted octanol–water partition coefficient (Wildman–Crippen LogP) is 2.83. The van der Waals surface area contributed by atoms with Gasteiger partial charge in [0.15, 0.2) is 0 Å². The van der Waals surface area contributed by atoms with E-state index in [0.717, 1.165) is 6.42 Å².